The van der Waals surface area contributed by atoms with Crippen LogP contribution in [0.15, 0.2) is 30.5 Å². The number of hydrogen-bond acceptors (Lipinski definition) is 2. The summed E-state index contributed by atoms with van der Waals surface area (Å²) < 4.78 is 12.7. The van der Waals surface area contributed by atoms with Gasteiger partial charge in [-0.1, -0.05) is 26.0 Å². The molecule has 2 rings (SSSR count). The van der Waals surface area contributed by atoms with Crippen LogP contribution < -0.4 is 0 Å². The van der Waals surface area contributed by atoms with Crippen molar-refractivity contribution in [2.24, 2.45) is 0 Å². The lowest BCUT2D eigenvalue weighted by molar-refractivity contribution is 0.627. The summed E-state index contributed by atoms with van der Waals surface area (Å²) in [6, 6.07) is 6.61. The van der Waals surface area contributed by atoms with Gasteiger partial charge in [0.05, 0.1) is 5.01 Å². The summed E-state index contributed by atoms with van der Waals surface area (Å²) >= 11 is 1.74. The molecule has 0 fully saturated rings. The summed E-state index contributed by atoms with van der Waals surface area (Å²) in [5, 5.41) is 1.09. The minimum atomic E-state index is -0.189. The molecule has 1 nitrogen and oxygen atoms in total. The molecule has 0 saturated carbocycles. The molecule has 0 spiro atoms. The van der Waals surface area contributed by atoms with E-state index in [-0.39, 0.29) is 5.82 Å². The van der Waals surface area contributed by atoms with Crippen LogP contribution in [0, 0.1) is 5.82 Å². The molecule has 84 valence electrons. The van der Waals surface area contributed by atoms with E-state index < -0.39 is 0 Å². The van der Waals surface area contributed by atoms with Gasteiger partial charge in [-0.15, -0.1) is 11.3 Å². The SMILES string of the molecule is CC(C)c1cnc(Cc2ccc(F)cc2)s1. The largest absolute Gasteiger partial charge is 0.249 e. The monoisotopic (exact) mass is 235 g/mol. The van der Waals surface area contributed by atoms with Gasteiger partial charge < -0.3 is 0 Å². The molecule has 0 radical (unpaired) electrons. The van der Waals surface area contributed by atoms with E-state index in [9.17, 15) is 4.39 Å². The Bertz CT molecular complexity index is 459. The van der Waals surface area contributed by atoms with Crippen molar-refractivity contribution in [2.75, 3.05) is 0 Å². The Balaban J connectivity index is 2.11. The maximum atomic E-state index is 12.7. The molecular formula is C13H14FNS. The summed E-state index contributed by atoms with van der Waals surface area (Å²) in [5.41, 5.74) is 1.10. The van der Waals surface area contributed by atoms with E-state index in [1.54, 1.807) is 11.3 Å². The first-order chi connectivity index (χ1) is 7.65. The van der Waals surface area contributed by atoms with Crippen LogP contribution >= 0.6 is 11.3 Å². The summed E-state index contributed by atoms with van der Waals surface area (Å²) in [6.45, 7) is 4.32. The van der Waals surface area contributed by atoms with E-state index in [0.717, 1.165) is 17.0 Å². The van der Waals surface area contributed by atoms with Crippen LogP contribution in [0.5, 0.6) is 0 Å². The van der Waals surface area contributed by atoms with Gasteiger partial charge in [-0.05, 0) is 23.6 Å². The first kappa shape index (κ1) is 11.3. The second-order valence-electron chi connectivity index (χ2n) is 4.11. The Labute approximate surface area is 99.0 Å². The van der Waals surface area contributed by atoms with Gasteiger partial charge in [-0.25, -0.2) is 9.37 Å². The summed E-state index contributed by atoms with van der Waals surface area (Å²) in [4.78, 5) is 5.68. The van der Waals surface area contributed by atoms with Crippen LogP contribution in [0.4, 0.5) is 4.39 Å². The highest BCUT2D eigenvalue weighted by molar-refractivity contribution is 7.11. The number of benzene rings is 1. The zero-order chi connectivity index (χ0) is 11.5. The predicted octanol–water partition coefficient (Wildman–Crippen LogP) is 4.00. The average molecular weight is 235 g/mol. The average Bonchev–Trinajstić information content (AvgIpc) is 2.70. The number of rotatable bonds is 3. The van der Waals surface area contributed by atoms with Crippen molar-refractivity contribution in [2.45, 2.75) is 26.2 Å². The van der Waals surface area contributed by atoms with Gasteiger partial charge in [-0.3, -0.25) is 0 Å². The maximum absolute atomic E-state index is 12.7. The van der Waals surface area contributed by atoms with Crippen LogP contribution in [0.3, 0.4) is 0 Å². The molecule has 0 saturated heterocycles. The summed E-state index contributed by atoms with van der Waals surface area (Å²) in [7, 11) is 0. The molecular weight excluding hydrogens is 221 g/mol. The van der Waals surface area contributed by atoms with Crippen molar-refractivity contribution in [3.63, 3.8) is 0 Å². The highest BCUT2D eigenvalue weighted by Gasteiger charge is 2.06. The lowest BCUT2D eigenvalue weighted by atomic mass is 10.1. The molecule has 0 amide bonds. The Morgan fingerprint density at radius 3 is 2.50 bits per heavy atom. The third kappa shape index (κ3) is 2.67. The first-order valence-corrected chi connectivity index (χ1v) is 6.16. The highest BCUT2D eigenvalue weighted by atomic mass is 32.1. The molecule has 3 heteroatoms. The molecule has 0 aliphatic carbocycles. The zero-order valence-corrected chi connectivity index (χ0v) is 10.2. The summed E-state index contributed by atoms with van der Waals surface area (Å²) in [6.07, 6.45) is 2.73. The smallest absolute Gasteiger partial charge is 0.123 e. The summed E-state index contributed by atoms with van der Waals surface area (Å²) in [5.74, 6) is 0.338. The normalized spacial score (nSPS) is 11.0. The lowest BCUT2D eigenvalue weighted by Gasteiger charge is -1.98. The topological polar surface area (TPSA) is 12.9 Å². The molecule has 0 unspecified atom stereocenters. The van der Waals surface area contributed by atoms with Gasteiger partial charge in [0.2, 0.25) is 0 Å². The van der Waals surface area contributed by atoms with E-state index in [1.807, 2.05) is 18.3 Å². The van der Waals surface area contributed by atoms with Crippen molar-refractivity contribution in [1.29, 1.82) is 0 Å². The van der Waals surface area contributed by atoms with E-state index in [4.69, 9.17) is 0 Å². The van der Waals surface area contributed by atoms with Gasteiger partial charge in [0, 0.05) is 17.5 Å². The van der Waals surface area contributed by atoms with E-state index in [2.05, 4.69) is 18.8 Å². The fourth-order valence-corrected chi connectivity index (χ4v) is 2.41. The number of aromatic nitrogens is 1. The van der Waals surface area contributed by atoms with E-state index in [0.29, 0.717) is 5.92 Å². The van der Waals surface area contributed by atoms with Crippen LogP contribution in [0.25, 0.3) is 0 Å². The Morgan fingerprint density at radius 2 is 1.94 bits per heavy atom. The molecule has 1 aromatic carbocycles. The minimum absolute atomic E-state index is 0.189. The van der Waals surface area contributed by atoms with Crippen molar-refractivity contribution in [3.8, 4) is 0 Å². The van der Waals surface area contributed by atoms with Gasteiger partial charge in [-0.2, -0.15) is 0 Å². The molecule has 0 aliphatic rings. The fourth-order valence-electron chi connectivity index (χ4n) is 1.45. The van der Waals surface area contributed by atoms with Gasteiger partial charge in [0.15, 0.2) is 0 Å². The standard InChI is InChI=1S/C13H14FNS/c1-9(2)12-8-15-13(16-12)7-10-3-5-11(14)6-4-10/h3-6,8-9H,7H2,1-2H3. The van der Waals surface area contributed by atoms with Crippen molar-refractivity contribution in [1.82, 2.24) is 4.98 Å². The fraction of sp³-hybridized carbons (Fsp3) is 0.308. The van der Waals surface area contributed by atoms with Crippen LogP contribution in [0.1, 0.15) is 35.2 Å². The molecule has 0 atom stereocenters. The maximum Gasteiger partial charge on any atom is 0.123 e. The first-order valence-electron chi connectivity index (χ1n) is 5.34. The third-order valence-corrected chi connectivity index (χ3v) is 3.71. The molecule has 0 aliphatic heterocycles. The van der Waals surface area contributed by atoms with Gasteiger partial charge in [0.1, 0.15) is 5.82 Å². The van der Waals surface area contributed by atoms with E-state index >= 15 is 0 Å². The van der Waals surface area contributed by atoms with Gasteiger partial charge in [0.25, 0.3) is 0 Å². The van der Waals surface area contributed by atoms with Crippen LogP contribution in [-0.2, 0) is 6.42 Å². The lowest BCUT2D eigenvalue weighted by Crippen LogP contribution is -1.86. The van der Waals surface area contributed by atoms with Gasteiger partial charge >= 0.3 is 0 Å². The van der Waals surface area contributed by atoms with Crippen molar-refractivity contribution >= 4 is 11.3 Å². The minimum Gasteiger partial charge on any atom is -0.249 e. The van der Waals surface area contributed by atoms with Crippen molar-refractivity contribution < 1.29 is 4.39 Å². The Hall–Kier alpha value is -1.22. The number of thiazole rings is 1. The quantitative estimate of drug-likeness (QED) is 0.783. The third-order valence-electron chi connectivity index (χ3n) is 2.41. The number of nitrogens with zero attached hydrogens (tertiary/aromatic N) is 1. The zero-order valence-electron chi connectivity index (χ0n) is 9.40. The predicted molar refractivity (Wildman–Crippen MR) is 65.4 cm³/mol. The Morgan fingerprint density at radius 1 is 1.25 bits per heavy atom. The molecule has 0 bridgehead atoms. The highest BCUT2D eigenvalue weighted by Crippen LogP contribution is 2.23. The van der Waals surface area contributed by atoms with Crippen LogP contribution in [0.2, 0.25) is 0 Å². The van der Waals surface area contributed by atoms with E-state index in [1.165, 1.54) is 17.0 Å². The molecule has 2 aromatic rings. The second kappa shape index (κ2) is 4.74. The molecule has 1 heterocycles. The van der Waals surface area contributed by atoms with Crippen LogP contribution in [-0.4, -0.2) is 4.98 Å². The molecule has 0 N–H and O–H groups in total. The molecule has 1 aromatic heterocycles. The Kier molecular flexibility index (Phi) is 3.34. The number of hydrogen-bond donors (Lipinski definition) is 0. The van der Waals surface area contributed by atoms with Crippen molar-refractivity contribution in [3.05, 3.63) is 51.7 Å². The second-order valence-corrected chi connectivity index (χ2v) is 5.26. The number of halogens is 1. The molecule has 16 heavy (non-hydrogen) atoms.